The van der Waals surface area contributed by atoms with Crippen molar-refractivity contribution in [1.82, 2.24) is 10.2 Å². The Balaban J connectivity index is 2.01. The van der Waals surface area contributed by atoms with Crippen LogP contribution < -0.4 is 0 Å². The summed E-state index contributed by atoms with van der Waals surface area (Å²) in [6, 6.07) is 14.4. The number of aromatic amines is 1. The first kappa shape index (κ1) is 16.6. The van der Waals surface area contributed by atoms with Gasteiger partial charge in [-0.05, 0) is 30.3 Å². The van der Waals surface area contributed by atoms with Gasteiger partial charge in [-0.1, -0.05) is 35.9 Å². The summed E-state index contributed by atoms with van der Waals surface area (Å²) in [6.07, 6.45) is 2.89. The number of rotatable bonds is 4. The van der Waals surface area contributed by atoms with E-state index in [9.17, 15) is 14.4 Å². The summed E-state index contributed by atoms with van der Waals surface area (Å²) in [5.74, 6) is -1.34. The van der Waals surface area contributed by atoms with Crippen LogP contribution in [0.25, 0.3) is 17.3 Å². The Kier molecular flexibility index (Phi) is 4.73. The number of H-pyrrole nitrogens is 1. The van der Waals surface area contributed by atoms with Crippen molar-refractivity contribution in [2.75, 3.05) is 0 Å². The van der Waals surface area contributed by atoms with Crippen LogP contribution >= 0.6 is 11.6 Å². The van der Waals surface area contributed by atoms with Gasteiger partial charge in [0.15, 0.2) is 0 Å². The van der Waals surface area contributed by atoms with Crippen LogP contribution in [0.5, 0.6) is 0 Å². The minimum Gasteiger partial charge on any atom is -0.288 e. The van der Waals surface area contributed by atoms with Gasteiger partial charge in [0.1, 0.15) is 17.5 Å². The lowest BCUT2D eigenvalue weighted by Gasteiger charge is -2.03. The molecule has 0 saturated carbocycles. The zero-order valence-corrected chi connectivity index (χ0v) is 13.6. The number of benzene rings is 2. The first-order valence-electron chi connectivity index (χ1n) is 7.30. The molecular weight excluding hydrogens is 341 g/mol. The maximum atomic E-state index is 13.8. The van der Waals surface area contributed by atoms with Crippen molar-refractivity contribution in [2.45, 2.75) is 0 Å². The molecule has 4 nitrogen and oxygen atoms in total. The monoisotopic (exact) mass is 351 g/mol. The highest BCUT2D eigenvalue weighted by Crippen LogP contribution is 2.25. The molecule has 1 heterocycles. The Morgan fingerprint density at radius 1 is 1.20 bits per heavy atom. The summed E-state index contributed by atoms with van der Waals surface area (Å²) in [7, 11) is 0. The van der Waals surface area contributed by atoms with Crippen molar-refractivity contribution < 1.29 is 9.18 Å². The van der Waals surface area contributed by atoms with Gasteiger partial charge in [-0.3, -0.25) is 9.89 Å². The number of allylic oxidation sites excluding steroid dienone is 1. The highest BCUT2D eigenvalue weighted by atomic mass is 35.5. The van der Waals surface area contributed by atoms with E-state index in [4.69, 9.17) is 11.6 Å². The zero-order valence-electron chi connectivity index (χ0n) is 12.8. The third-order valence-corrected chi connectivity index (χ3v) is 3.84. The molecule has 3 rings (SSSR count). The molecule has 25 heavy (non-hydrogen) atoms. The van der Waals surface area contributed by atoms with Crippen LogP contribution in [0.4, 0.5) is 4.39 Å². The summed E-state index contributed by atoms with van der Waals surface area (Å²) >= 11 is 5.88. The fraction of sp³-hybridized carbons (Fsp3) is 0. The smallest absolute Gasteiger partial charge is 0.206 e. The van der Waals surface area contributed by atoms with E-state index in [1.54, 1.807) is 30.3 Å². The lowest BCUT2D eigenvalue weighted by Crippen LogP contribution is -2.04. The molecule has 1 N–H and O–H groups in total. The van der Waals surface area contributed by atoms with Crippen molar-refractivity contribution >= 4 is 23.5 Å². The molecule has 0 saturated heterocycles. The van der Waals surface area contributed by atoms with Gasteiger partial charge in [-0.2, -0.15) is 10.4 Å². The number of Topliss-reactive ketones (excluding diaryl/α,β-unsaturated/α-hetero) is 1. The van der Waals surface area contributed by atoms with E-state index in [2.05, 4.69) is 10.2 Å². The molecule has 0 radical (unpaired) electrons. The second-order valence-corrected chi connectivity index (χ2v) is 5.62. The van der Waals surface area contributed by atoms with Crippen molar-refractivity contribution in [3.63, 3.8) is 0 Å². The lowest BCUT2D eigenvalue weighted by atomic mass is 10.0. The molecule has 122 valence electrons. The number of nitriles is 1. The van der Waals surface area contributed by atoms with Crippen molar-refractivity contribution in [2.24, 2.45) is 0 Å². The van der Waals surface area contributed by atoms with Gasteiger partial charge >= 0.3 is 0 Å². The summed E-state index contributed by atoms with van der Waals surface area (Å²) in [6.45, 7) is 0. The Bertz CT molecular complexity index is 1000. The quantitative estimate of drug-likeness (QED) is 0.422. The number of nitrogens with zero attached hydrogens (tertiary/aromatic N) is 2. The van der Waals surface area contributed by atoms with E-state index >= 15 is 0 Å². The fourth-order valence-corrected chi connectivity index (χ4v) is 2.47. The number of hydrogen-bond donors (Lipinski definition) is 1. The first-order valence-corrected chi connectivity index (χ1v) is 7.68. The standard InChI is InChI=1S/C19H11ClFN3O/c20-15-7-5-12(6-8-15)18-14(11-23-24-18)9-13(10-22)19(25)16-3-1-2-4-17(16)21/h1-9,11H,(H,23,24)/b13-9+. The van der Waals surface area contributed by atoms with Gasteiger partial charge in [0.2, 0.25) is 5.78 Å². The highest BCUT2D eigenvalue weighted by molar-refractivity contribution is 6.30. The van der Waals surface area contributed by atoms with E-state index in [1.165, 1.54) is 30.5 Å². The van der Waals surface area contributed by atoms with Crippen LogP contribution in [0, 0.1) is 17.1 Å². The highest BCUT2D eigenvalue weighted by Gasteiger charge is 2.17. The third kappa shape index (κ3) is 3.49. The Hall–Kier alpha value is -3.23. The van der Waals surface area contributed by atoms with E-state index < -0.39 is 11.6 Å². The van der Waals surface area contributed by atoms with Crippen molar-refractivity contribution in [3.05, 3.63) is 82.3 Å². The normalized spacial score (nSPS) is 11.2. The second kappa shape index (κ2) is 7.12. The number of aromatic nitrogens is 2. The molecule has 0 amide bonds. The van der Waals surface area contributed by atoms with Crippen LogP contribution in [0.1, 0.15) is 15.9 Å². The summed E-state index contributed by atoms with van der Waals surface area (Å²) < 4.78 is 13.8. The third-order valence-electron chi connectivity index (χ3n) is 3.58. The number of carbonyl (C=O) groups excluding carboxylic acids is 1. The lowest BCUT2D eigenvalue weighted by molar-refractivity contribution is 0.103. The second-order valence-electron chi connectivity index (χ2n) is 5.19. The summed E-state index contributed by atoms with van der Waals surface area (Å²) in [5, 5.41) is 16.7. The SMILES string of the molecule is N#C/C(=C\c1cn[nH]c1-c1ccc(Cl)cc1)C(=O)c1ccccc1F. The minimum absolute atomic E-state index is 0.146. The van der Waals surface area contributed by atoms with Gasteiger partial charge in [0.25, 0.3) is 0 Å². The Morgan fingerprint density at radius 2 is 1.92 bits per heavy atom. The number of ketones is 1. The molecule has 2 aromatic carbocycles. The predicted molar refractivity (Wildman–Crippen MR) is 93.4 cm³/mol. The molecular formula is C19H11ClFN3O. The molecule has 0 fully saturated rings. The molecule has 3 aromatic rings. The molecule has 0 bridgehead atoms. The fourth-order valence-electron chi connectivity index (χ4n) is 2.35. The summed E-state index contributed by atoms with van der Waals surface area (Å²) in [5.41, 5.74) is 1.65. The van der Waals surface area contributed by atoms with E-state index in [0.29, 0.717) is 16.3 Å². The predicted octanol–water partition coefficient (Wildman–Crippen LogP) is 4.66. The van der Waals surface area contributed by atoms with Gasteiger partial charge in [-0.15, -0.1) is 0 Å². The number of halogens is 2. The number of nitrogens with one attached hydrogen (secondary N) is 1. The number of carbonyl (C=O) groups is 1. The average molecular weight is 352 g/mol. The van der Waals surface area contributed by atoms with Crippen LogP contribution in [-0.2, 0) is 0 Å². The molecule has 0 unspecified atom stereocenters. The first-order chi connectivity index (χ1) is 12.1. The van der Waals surface area contributed by atoms with E-state index in [1.807, 2.05) is 6.07 Å². The molecule has 0 aliphatic heterocycles. The Morgan fingerprint density at radius 3 is 2.60 bits per heavy atom. The van der Waals surface area contributed by atoms with Crippen molar-refractivity contribution in [1.29, 1.82) is 5.26 Å². The van der Waals surface area contributed by atoms with E-state index in [-0.39, 0.29) is 11.1 Å². The Labute approximate surface area is 148 Å². The topological polar surface area (TPSA) is 69.5 Å². The average Bonchev–Trinajstić information content (AvgIpc) is 3.08. The van der Waals surface area contributed by atoms with Crippen molar-refractivity contribution in [3.8, 4) is 17.3 Å². The van der Waals surface area contributed by atoms with Crippen LogP contribution in [0.3, 0.4) is 0 Å². The molecule has 0 aliphatic carbocycles. The minimum atomic E-state index is -0.677. The van der Waals surface area contributed by atoms with Crippen LogP contribution in [0.2, 0.25) is 5.02 Å². The molecule has 1 aromatic heterocycles. The number of hydrogen-bond acceptors (Lipinski definition) is 3. The molecule has 0 atom stereocenters. The molecule has 0 aliphatic rings. The molecule has 6 heteroatoms. The van der Waals surface area contributed by atoms with Gasteiger partial charge in [0, 0.05) is 16.1 Å². The van der Waals surface area contributed by atoms with Gasteiger partial charge in [0.05, 0.1) is 17.5 Å². The van der Waals surface area contributed by atoms with Gasteiger partial charge in [-0.25, -0.2) is 4.39 Å². The van der Waals surface area contributed by atoms with Gasteiger partial charge < -0.3 is 0 Å². The zero-order chi connectivity index (χ0) is 17.8. The largest absolute Gasteiger partial charge is 0.288 e. The molecule has 0 spiro atoms. The maximum Gasteiger partial charge on any atom is 0.206 e. The van der Waals surface area contributed by atoms with Crippen LogP contribution in [-0.4, -0.2) is 16.0 Å². The maximum absolute atomic E-state index is 13.8. The van der Waals surface area contributed by atoms with E-state index in [0.717, 1.165) is 5.56 Å². The van der Waals surface area contributed by atoms with Crippen LogP contribution in [0.15, 0.2) is 60.3 Å². The summed E-state index contributed by atoms with van der Waals surface area (Å²) in [4.78, 5) is 12.4.